The molecule has 4 heteroatoms. The van der Waals surface area contributed by atoms with Gasteiger partial charge in [-0.05, 0) is 35.8 Å². The zero-order valence-corrected chi connectivity index (χ0v) is 9.92. The topological polar surface area (TPSA) is 46.5 Å². The van der Waals surface area contributed by atoms with E-state index < -0.39 is 12.1 Å². The lowest BCUT2D eigenvalue weighted by Crippen LogP contribution is -2.14. The van der Waals surface area contributed by atoms with Crippen LogP contribution in [0.1, 0.15) is 23.7 Å². The molecule has 1 heterocycles. The largest absolute Gasteiger partial charge is 0.467 e. The van der Waals surface area contributed by atoms with Crippen LogP contribution >= 0.6 is 11.8 Å². The molecule has 1 unspecified atom stereocenters. The van der Waals surface area contributed by atoms with Crippen molar-refractivity contribution in [3.05, 3.63) is 29.3 Å². The van der Waals surface area contributed by atoms with E-state index in [1.54, 1.807) is 17.8 Å². The van der Waals surface area contributed by atoms with Gasteiger partial charge in [-0.25, -0.2) is 4.79 Å². The van der Waals surface area contributed by atoms with Crippen molar-refractivity contribution >= 4 is 17.7 Å². The molecule has 86 valence electrons. The molecule has 1 atom stereocenters. The molecule has 1 aliphatic rings. The average molecular weight is 238 g/mol. The van der Waals surface area contributed by atoms with E-state index in [-0.39, 0.29) is 0 Å². The second-order valence-corrected chi connectivity index (χ2v) is 4.88. The number of carbonyl (C=O) groups excluding carboxylic acids is 1. The zero-order chi connectivity index (χ0) is 11.5. The summed E-state index contributed by atoms with van der Waals surface area (Å²) in [5.74, 6) is 0.492. The molecule has 0 bridgehead atoms. The van der Waals surface area contributed by atoms with Gasteiger partial charge in [-0.3, -0.25) is 0 Å². The molecule has 0 spiro atoms. The highest BCUT2D eigenvalue weighted by Crippen LogP contribution is 2.32. The molecule has 3 nitrogen and oxygen atoms in total. The number of ether oxygens (including phenoxy) is 1. The lowest BCUT2D eigenvalue weighted by Gasteiger charge is -2.17. The summed E-state index contributed by atoms with van der Waals surface area (Å²) in [7, 11) is 1.28. The third-order valence-electron chi connectivity index (χ3n) is 2.68. The maximum atomic E-state index is 11.2. The third-order valence-corrected chi connectivity index (χ3v) is 3.86. The van der Waals surface area contributed by atoms with Crippen LogP contribution in [0, 0.1) is 0 Å². The van der Waals surface area contributed by atoms with Gasteiger partial charge in [0.1, 0.15) is 0 Å². The van der Waals surface area contributed by atoms with Gasteiger partial charge in [-0.2, -0.15) is 0 Å². The van der Waals surface area contributed by atoms with Crippen LogP contribution in [-0.2, 0) is 16.0 Å². The van der Waals surface area contributed by atoms with Crippen molar-refractivity contribution in [1.82, 2.24) is 0 Å². The van der Waals surface area contributed by atoms with Crippen LogP contribution in [0.4, 0.5) is 0 Å². The first-order valence-electron chi connectivity index (χ1n) is 5.24. The maximum Gasteiger partial charge on any atom is 0.339 e. The van der Waals surface area contributed by atoms with E-state index in [2.05, 4.69) is 4.74 Å². The summed E-state index contributed by atoms with van der Waals surface area (Å²) in [5, 5.41) is 9.71. The van der Waals surface area contributed by atoms with Crippen molar-refractivity contribution in [2.75, 3.05) is 12.9 Å². The van der Waals surface area contributed by atoms with Crippen molar-refractivity contribution in [2.45, 2.75) is 23.8 Å². The van der Waals surface area contributed by atoms with Crippen LogP contribution in [0.2, 0.25) is 0 Å². The average Bonchev–Trinajstić information content (AvgIpc) is 2.36. The zero-order valence-electron chi connectivity index (χ0n) is 9.10. The first kappa shape index (κ1) is 11.5. The van der Waals surface area contributed by atoms with Crippen LogP contribution in [-0.4, -0.2) is 23.9 Å². The number of methoxy groups -OCH3 is 1. The smallest absolute Gasteiger partial charge is 0.339 e. The Balaban J connectivity index is 2.26. The molecule has 0 amide bonds. The lowest BCUT2D eigenvalue weighted by atomic mass is 10.0. The van der Waals surface area contributed by atoms with Gasteiger partial charge in [0.2, 0.25) is 0 Å². The molecule has 0 saturated carbocycles. The second-order valence-electron chi connectivity index (χ2n) is 3.74. The summed E-state index contributed by atoms with van der Waals surface area (Å²) < 4.78 is 4.51. The molecule has 0 aromatic heterocycles. The number of esters is 1. The Morgan fingerprint density at radius 3 is 3.12 bits per heavy atom. The molecular weight excluding hydrogens is 224 g/mol. The van der Waals surface area contributed by atoms with Crippen molar-refractivity contribution in [3.63, 3.8) is 0 Å². The first-order valence-corrected chi connectivity index (χ1v) is 6.22. The third kappa shape index (κ3) is 2.23. The van der Waals surface area contributed by atoms with Crippen molar-refractivity contribution in [3.8, 4) is 0 Å². The summed E-state index contributed by atoms with van der Waals surface area (Å²) >= 11 is 1.78. The monoisotopic (exact) mass is 238 g/mol. The van der Waals surface area contributed by atoms with E-state index in [1.807, 2.05) is 12.1 Å². The molecule has 0 fully saturated rings. The van der Waals surface area contributed by atoms with Gasteiger partial charge in [-0.15, -0.1) is 11.8 Å². The summed E-state index contributed by atoms with van der Waals surface area (Å²) in [6, 6.07) is 5.68. The standard InChI is InChI=1S/C12H14O3S/c1-15-12(14)11(13)9-5-4-8-3-2-6-16-10(8)7-9/h4-5,7,11,13H,2-3,6H2,1H3. The normalized spacial score (nSPS) is 16.4. The molecule has 0 radical (unpaired) electrons. The summed E-state index contributed by atoms with van der Waals surface area (Å²) in [4.78, 5) is 12.4. The van der Waals surface area contributed by atoms with E-state index in [9.17, 15) is 9.90 Å². The number of hydrogen-bond donors (Lipinski definition) is 1. The number of aryl methyl sites for hydroxylation is 1. The van der Waals surface area contributed by atoms with Gasteiger partial charge in [0.15, 0.2) is 6.10 Å². The van der Waals surface area contributed by atoms with Crippen LogP contribution in [0.15, 0.2) is 23.1 Å². The molecular formula is C12H14O3S. The fourth-order valence-corrected chi connectivity index (χ4v) is 2.86. The number of carbonyl (C=O) groups is 1. The SMILES string of the molecule is COC(=O)C(O)c1ccc2c(c1)SCCC2. The highest BCUT2D eigenvalue weighted by molar-refractivity contribution is 7.99. The van der Waals surface area contributed by atoms with E-state index in [0.717, 1.165) is 12.2 Å². The number of aliphatic hydroxyl groups excluding tert-OH is 1. The van der Waals surface area contributed by atoms with E-state index in [4.69, 9.17) is 0 Å². The molecule has 0 saturated heterocycles. The molecule has 1 aliphatic heterocycles. The van der Waals surface area contributed by atoms with E-state index in [0.29, 0.717) is 5.56 Å². The lowest BCUT2D eigenvalue weighted by molar-refractivity contribution is -0.150. The Kier molecular flexibility index (Phi) is 3.51. The Hall–Kier alpha value is -1.00. The van der Waals surface area contributed by atoms with Gasteiger partial charge in [-0.1, -0.05) is 12.1 Å². The number of fused-ring (bicyclic) bond motifs is 1. The Morgan fingerprint density at radius 2 is 2.38 bits per heavy atom. The number of benzene rings is 1. The Labute approximate surface area is 98.8 Å². The Bertz CT molecular complexity index is 403. The van der Waals surface area contributed by atoms with Gasteiger partial charge >= 0.3 is 5.97 Å². The van der Waals surface area contributed by atoms with Gasteiger partial charge < -0.3 is 9.84 Å². The summed E-state index contributed by atoms with van der Waals surface area (Å²) in [6.07, 6.45) is 1.10. The molecule has 1 N–H and O–H groups in total. The second kappa shape index (κ2) is 4.89. The van der Waals surface area contributed by atoms with Crippen LogP contribution in [0.25, 0.3) is 0 Å². The number of aliphatic hydroxyl groups is 1. The predicted octanol–water partition coefficient (Wildman–Crippen LogP) is 1.93. The van der Waals surface area contributed by atoms with Crippen LogP contribution in [0.3, 0.4) is 0 Å². The minimum atomic E-state index is -1.17. The van der Waals surface area contributed by atoms with Gasteiger partial charge in [0.25, 0.3) is 0 Å². The number of rotatable bonds is 2. The predicted molar refractivity (Wildman–Crippen MR) is 62.5 cm³/mol. The summed E-state index contributed by atoms with van der Waals surface area (Å²) in [5.41, 5.74) is 1.91. The molecule has 0 aliphatic carbocycles. The number of thioether (sulfide) groups is 1. The molecule has 1 aromatic rings. The Morgan fingerprint density at radius 1 is 1.56 bits per heavy atom. The maximum absolute atomic E-state index is 11.2. The highest BCUT2D eigenvalue weighted by atomic mass is 32.2. The fraction of sp³-hybridized carbons (Fsp3) is 0.417. The summed E-state index contributed by atoms with van der Waals surface area (Å²) in [6.45, 7) is 0. The highest BCUT2D eigenvalue weighted by Gasteiger charge is 2.19. The van der Waals surface area contributed by atoms with Crippen LogP contribution < -0.4 is 0 Å². The van der Waals surface area contributed by atoms with Crippen molar-refractivity contribution in [2.24, 2.45) is 0 Å². The molecule has 2 rings (SSSR count). The molecule has 16 heavy (non-hydrogen) atoms. The van der Waals surface area contributed by atoms with E-state index >= 15 is 0 Å². The quantitative estimate of drug-likeness (QED) is 0.800. The first-order chi connectivity index (χ1) is 7.72. The number of hydrogen-bond acceptors (Lipinski definition) is 4. The minimum absolute atomic E-state index is 0.610. The van der Waals surface area contributed by atoms with Gasteiger partial charge in [0.05, 0.1) is 7.11 Å². The van der Waals surface area contributed by atoms with E-state index in [1.165, 1.54) is 24.0 Å². The minimum Gasteiger partial charge on any atom is -0.467 e. The van der Waals surface area contributed by atoms with Gasteiger partial charge in [0, 0.05) is 4.90 Å². The molecule has 1 aromatic carbocycles. The van der Waals surface area contributed by atoms with Crippen LogP contribution in [0.5, 0.6) is 0 Å². The van der Waals surface area contributed by atoms with Crippen molar-refractivity contribution in [1.29, 1.82) is 0 Å². The fourth-order valence-electron chi connectivity index (χ4n) is 1.77. The van der Waals surface area contributed by atoms with Crippen molar-refractivity contribution < 1.29 is 14.6 Å².